The maximum Gasteiger partial charge on any atom is 0.277 e. The van der Waals surface area contributed by atoms with E-state index in [2.05, 4.69) is 10.3 Å². The third kappa shape index (κ3) is 5.92. The van der Waals surface area contributed by atoms with Crippen molar-refractivity contribution >= 4 is 17.7 Å². The number of nitrogens with one attached hydrogen (secondary N) is 1. The molecule has 0 atom stereocenters. The van der Waals surface area contributed by atoms with Gasteiger partial charge in [0, 0.05) is 11.9 Å². The molecule has 4 nitrogen and oxygen atoms in total. The number of aromatic nitrogens is 1. The van der Waals surface area contributed by atoms with Crippen LogP contribution >= 0.6 is 11.8 Å². The molecule has 0 aliphatic rings. The summed E-state index contributed by atoms with van der Waals surface area (Å²) in [6.07, 6.45) is 1.66. The lowest BCUT2D eigenvalue weighted by atomic mass is 10.3. The first-order chi connectivity index (χ1) is 8.53. The van der Waals surface area contributed by atoms with Crippen molar-refractivity contribution in [1.29, 1.82) is 0 Å². The lowest BCUT2D eigenvalue weighted by Gasteiger charge is -2.14. The predicted molar refractivity (Wildman–Crippen MR) is 67.4 cm³/mol. The summed E-state index contributed by atoms with van der Waals surface area (Å²) >= 11 is 1.32. The van der Waals surface area contributed by atoms with E-state index in [-0.39, 0.29) is 5.75 Å². The van der Waals surface area contributed by atoms with E-state index in [0.717, 1.165) is 5.69 Å². The third-order valence-electron chi connectivity index (χ3n) is 2.05. The van der Waals surface area contributed by atoms with Crippen LogP contribution in [0.1, 0.15) is 5.69 Å². The number of hydrogen-bond acceptors (Lipinski definition) is 4. The summed E-state index contributed by atoms with van der Waals surface area (Å²) in [7, 11) is 0. The molecule has 0 radical (unpaired) electrons. The minimum atomic E-state index is -3.04. The van der Waals surface area contributed by atoms with Gasteiger partial charge in [-0.15, -0.1) is 11.8 Å². The standard InChI is InChI=1S/C11H15F2N3OS/c12-11(13,7-14)8-16-10(17)6-18-5-9-3-1-2-4-15-9/h1-4H,5-8,14H2,(H,16,17). The number of thioether (sulfide) groups is 1. The van der Waals surface area contributed by atoms with E-state index < -0.39 is 24.9 Å². The van der Waals surface area contributed by atoms with Crippen LogP contribution in [0.4, 0.5) is 8.78 Å². The molecule has 0 bridgehead atoms. The highest BCUT2D eigenvalue weighted by Crippen LogP contribution is 2.10. The zero-order valence-electron chi connectivity index (χ0n) is 9.73. The normalized spacial score (nSPS) is 11.3. The number of rotatable bonds is 7. The molecule has 1 rings (SSSR count). The summed E-state index contributed by atoms with van der Waals surface area (Å²) in [5, 5.41) is 2.15. The van der Waals surface area contributed by atoms with Crippen molar-refractivity contribution in [2.24, 2.45) is 5.73 Å². The number of carbonyl (C=O) groups excluding carboxylic acids is 1. The molecule has 1 amide bonds. The van der Waals surface area contributed by atoms with E-state index in [1.165, 1.54) is 11.8 Å². The van der Waals surface area contributed by atoms with Gasteiger partial charge in [-0.2, -0.15) is 0 Å². The number of amides is 1. The molecule has 18 heavy (non-hydrogen) atoms. The van der Waals surface area contributed by atoms with Crippen molar-refractivity contribution in [3.05, 3.63) is 30.1 Å². The highest BCUT2D eigenvalue weighted by molar-refractivity contribution is 7.99. The van der Waals surface area contributed by atoms with Crippen LogP contribution < -0.4 is 11.1 Å². The van der Waals surface area contributed by atoms with E-state index in [9.17, 15) is 13.6 Å². The molecule has 0 spiro atoms. The molecule has 1 aromatic heterocycles. The van der Waals surface area contributed by atoms with Crippen LogP contribution in [0.25, 0.3) is 0 Å². The molecule has 0 aliphatic heterocycles. The van der Waals surface area contributed by atoms with Gasteiger partial charge >= 0.3 is 0 Å². The molecule has 100 valence electrons. The second-order valence-electron chi connectivity index (χ2n) is 3.65. The number of hydrogen-bond donors (Lipinski definition) is 2. The molecule has 3 N–H and O–H groups in total. The Kier molecular flexibility index (Phi) is 6.00. The number of alkyl halides is 2. The Bertz CT molecular complexity index is 376. The van der Waals surface area contributed by atoms with Crippen molar-refractivity contribution in [1.82, 2.24) is 10.3 Å². The zero-order chi connectivity index (χ0) is 13.4. The van der Waals surface area contributed by atoms with Crippen molar-refractivity contribution in [3.63, 3.8) is 0 Å². The van der Waals surface area contributed by atoms with Crippen molar-refractivity contribution < 1.29 is 13.6 Å². The van der Waals surface area contributed by atoms with E-state index in [1.54, 1.807) is 12.3 Å². The number of pyridine rings is 1. The largest absolute Gasteiger partial charge is 0.349 e. The van der Waals surface area contributed by atoms with Crippen LogP contribution in [0.3, 0.4) is 0 Å². The van der Waals surface area contributed by atoms with E-state index in [0.29, 0.717) is 5.75 Å². The first-order valence-corrected chi connectivity index (χ1v) is 6.51. The van der Waals surface area contributed by atoms with Crippen molar-refractivity contribution in [2.75, 3.05) is 18.8 Å². The maximum atomic E-state index is 12.7. The lowest BCUT2D eigenvalue weighted by molar-refractivity contribution is -0.120. The molecule has 0 aliphatic carbocycles. The molecule has 1 aromatic rings. The van der Waals surface area contributed by atoms with E-state index >= 15 is 0 Å². The summed E-state index contributed by atoms with van der Waals surface area (Å²) in [5.74, 6) is -2.77. The van der Waals surface area contributed by atoms with Gasteiger partial charge in [0.1, 0.15) is 0 Å². The Morgan fingerprint density at radius 2 is 2.28 bits per heavy atom. The van der Waals surface area contributed by atoms with Gasteiger partial charge in [-0.25, -0.2) is 8.78 Å². The second kappa shape index (κ2) is 7.27. The maximum absolute atomic E-state index is 12.7. The smallest absolute Gasteiger partial charge is 0.277 e. The highest BCUT2D eigenvalue weighted by Gasteiger charge is 2.26. The number of nitrogens with two attached hydrogens (primary N) is 1. The number of nitrogens with zero attached hydrogens (tertiary/aromatic N) is 1. The SMILES string of the molecule is NCC(F)(F)CNC(=O)CSCc1ccccn1. The van der Waals surface area contributed by atoms with Gasteiger partial charge in [-0.1, -0.05) is 6.07 Å². The zero-order valence-corrected chi connectivity index (χ0v) is 10.6. The van der Waals surface area contributed by atoms with Crippen LogP contribution in [0.15, 0.2) is 24.4 Å². The molecule has 7 heteroatoms. The van der Waals surface area contributed by atoms with Crippen LogP contribution in [-0.4, -0.2) is 35.7 Å². The average Bonchev–Trinajstić information content (AvgIpc) is 2.38. The van der Waals surface area contributed by atoms with Crippen LogP contribution in [0.2, 0.25) is 0 Å². The molecule has 0 saturated carbocycles. The van der Waals surface area contributed by atoms with Gasteiger partial charge in [0.05, 0.1) is 24.5 Å². The average molecular weight is 275 g/mol. The molecule has 0 saturated heterocycles. The fraction of sp³-hybridized carbons (Fsp3) is 0.455. The van der Waals surface area contributed by atoms with E-state index in [1.807, 2.05) is 12.1 Å². The minimum Gasteiger partial charge on any atom is -0.349 e. The molecule has 1 heterocycles. The Balaban J connectivity index is 2.18. The Morgan fingerprint density at radius 1 is 1.50 bits per heavy atom. The Labute approximate surface area is 108 Å². The van der Waals surface area contributed by atoms with Crippen LogP contribution in [0.5, 0.6) is 0 Å². The molecular weight excluding hydrogens is 260 g/mol. The first-order valence-electron chi connectivity index (χ1n) is 5.36. The van der Waals surface area contributed by atoms with Crippen LogP contribution in [-0.2, 0) is 10.5 Å². The summed E-state index contributed by atoms with van der Waals surface area (Å²) in [6.45, 7) is -1.49. The topological polar surface area (TPSA) is 68.0 Å². The van der Waals surface area contributed by atoms with Gasteiger partial charge in [-0.3, -0.25) is 9.78 Å². The fourth-order valence-corrected chi connectivity index (χ4v) is 1.85. The number of halogens is 2. The summed E-state index contributed by atoms with van der Waals surface area (Å²) in [5.41, 5.74) is 5.70. The summed E-state index contributed by atoms with van der Waals surface area (Å²) in [6, 6.07) is 5.49. The molecule has 0 unspecified atom stereocenters. The number of carbonyl (C=O) groups is 1. The fourth-order valence-electron chi connectivity index (χ4n) is 1.08. The first kappa shape index (κ1) is 14.8. The van der Waals surface area contributed by atoms with E-state index in [4.69, 9.17) is 5.73 Å². The van der Waals surface area contributed by atoms with Gasteiger partial charge < -0.3 is 11.1 Å². The van der Waals surface area contributed by atoms with Gasteiger partial charge in [0.25, 0.3) is 5.92 Å². The molecular formula is C11H15F2N3OS. The minimum absolute atomic E-state index is 0.122. The predicted octanol–water partition coefficient (Wildman–Crippen LogP) is 1.02. The highest BCUT2D eigenvalue weighted by atomic mass is 32.2. The lowest BCUT2D eigenvalue weighted by Crippen LogP contribution is -2.42. The van der Waals surface area contributed by atoms with Gasteiger partial charge in [0.15, 0.2) is 0 Å². The molecule has 0 fully saturated rings. The van der Waals surface area contributed by atoms with Crippen molar-refractivity contribution in [3.8, 4) is 0 Å². The second-order valence-corrected chi connectivity index (χ2v) is 4.64. The van der Waals surface area contributed by atoms with Crippen molar-refractivity contribution in [2.45, 2.75) is 11.7 Å². The quantitative estimate of drug-likeness (QED) is 0.780. The van der Waals surface area contributed by atoms with Crippen LogP contribution in [0, 0.1) is 0 Å². The van der Waals surface area contributed by atoms with Gasteiger partial charge in [-0.05, 0) is 12.1 Å². The Morgan fingerprint density at radius 3 is 2.89 bits per heavy atom. The molecule has 0 aromatic carbocycles. The third-order valence-corrected chi connectivity index (χ3v) is 3.02. The summed E-state index contributed by atoms with van der Waals surface area (Å²) < 4.78 is 25.5. The Hall–Kier alpha value is -1.21. The monoisotopic (exact) mass is 275 g/mol. The van der Waals surface area contributed by atoms with Gasteiger partial charge in [0.2, 0.25) is 5.91 Å². The summed E-state index contributed by atoms with van der Waals surface area (Å²) in [4.78, 5) is 15.4.